The van der Waals surface area contributed by atoms with Gasteiger partial charge in [-0.1, -0.05) is 92.4 Å². The monoisotopic (exact) mass is 430 g/mol. The molecule has 0 fully saturated rings. The van der Waals surface area contributed by atoms with Gasteiger partial charge in [-0.15, -0.1) is 0 Å². The number of hydrogen-bond donors (Lipinski definition) is 0. The summed E-state index contributed by atoms with van der Waals surface area (Å²) >= 11 is 0. The molecule has 1 aliphatic rings. The summed E-state index contributed by atoms with van der Waals surface area (Å²) in [4.78, 5) is 24.9. The van der Waals surface area contributed by atoms with E-state index < -0.39 is 0 Å². The Kier molecular flexibility index (Phi) is 12.6. The maximum atomic E-state index is 12.6. The second-order valence-corrected chi connectivity index (χ2v) is 11.1. The molecule has 0 aromatic carbocycles. The van der Waals surface area contributed by atoms with Gasteiger partial charge in [-0.25, -0.2) is 0 Å². The van der Waals surface area contributed by atoms with Crippen molar-refractivity contribution < 1.29 is 9.59 Å². The van der Waals surface area contributed by atoms with Crippen molar-refractivity contribution in [3.8, 4) is 0 Å². The maximum absolute atomic E-state index is 12.6. The molecule has 1 aliphatic carbocycles. The molecule has 0 saturated heterocycles. The largest absolute Gasteiger partial charge is 0.289 e. The smallest absolute Gasteiger partial charge is 0.185 e. The van der Waals surface area contributed by atoms with Gasteiger partial charge < -0.3 is 0 Å². The van der Waals surface area contributed by atoms with Crippen LogP contribution in [0.4, 0.5) is 0 Å². The fourth-order valence-electron chi connectivity index (χ4n) is 4.78. The fraction of sp³-hybridized carbons (Fsp3) is 0.793. The zero-order valence-electron chi connectivity index (χ0n) is 21.9. The zero-order chi connectivity index (χ0) is 23.6. The van der Waals surface area contributed by atoms with Crippen molar-refractivity contribution in [2.45, 2.75) is 126 Å². The van der Waals surface area contributed by atoms with Crippen LogP contribution in [0.3, 0.4) is 0 Å². The Hall–Kier alpha value is -1.18. The van der Waals surface area contributed by atoms with Crippen LogP contribution in [0, 0.1) is 23.7 Å². The first-order valence-electron chi connectivity index (χ1n) is 13.0. The second kappa shape index (κ2) is 14.1. The van der Waals surface area contributed by atoms with Crippen LogP contribution >= 0.6 is 0 Å². The van der Waals surface area contributed by atoms with Crippen LogP contribution in [-0.2, 0) is 9.59 Å². The number of rotatable bonds is 15. The van der Waals surface area contributed by atoms with Gasteiger partial charge in [-0.2, -0.15) is 0 Å². The molecular weight excluding hydrogens is 380 g/mol. The maximum Gasteiger partial charge on any atom is 0.185 e. The first kappa shape index (κ1) is 27.9. The Morgan fingerprint density at radius 3 is 1.35 bits per heavy atom. The van der Waals surface area contributed by atoms with Crippen LogP contribution in [-0.4, -0.2) is 11.6 Å². The number of hydrogen-bond acceptors (Lipinski definition) is 2. The van der Waals surface area contributed by atoms with Crippen molar-refractivity contribution in [3.05, 3.63) is 22.3 Å². The van der Waals surface area contributed by atoms with E-state index >= 15 is 0 Å². The van der Waals surface area contributed by atoms with E-state index in [-0.39, 0.29) is 11.6 Å². The molecule has 0 unspecified atom stereocenters. The molecule has 178 valence electrons. The topological polar surface area (TPSA) is 34.1 Å². The van der Waals surface area contributed by atoms with Gasteiger partial charge in [0.05, 0.1) is 0 Å². The predicted molar refractivity (Wildman–Crippen MR) is 134 cm³/mol. The summed E-state index contributed by atoms with van der Waals surface area (Å²) in [5, 5.41) is 0. The van der Waals surface area contributed by atoms with Gasteiger partial charge >= 0.3 is 0 Å². The molecule has 0 saturated carbocycles. The Morgan fingerprint density at radius 2 is 0.903 bits per heavy atom. The van der Waals surface area contributed by atoms with E-state index in [4.69, 9.17) is 0 Å². The lowest BCUT2D eigenvalue weighted by molar-refractivity contribution is -0.116. The summed E-state index contributed by atoms with van der Waals surface area (Å²) in [6.07, 6.45) is 13.8. The highest BCUT2D eigenvalue weighted by Gasteiger charge is 2.27. The summed E-state index contributed by atoms with van der Waals surface area (Å²) in [6, 6.07) is 0. The minimum absolute atomic E-state index is 0.0582. The van der Waals surface area contributed by atoms with Crippen LogP contribution in [0.1, 0.15) is 126 Å². The lowest BCUT2D eigenvalue weighted by Gasteiger charge is -2.20. The van der Waals surface area contributed by atoms with Crippen molar-refractivity contribution >= 4 is 11.6 Å². The van der Waals surface area contributed by atoms with E-state index in [1.54, 1.807) is 13.8 Å². The van der Waals surface area contributed by atoms with Gasteiger partial charge in [0, 0.05) is 22.3 Å². The first-order chi connectivity index (χ1) is 14.5. The fourth-order valence-corrected chi connectivity index (χ4v) is 4.78. The molecule has 3 atom stereocenters. The minimum Gasteiger partial charge on any atom is -0.289 e. The van der Waals surface area contributed by atoms with E-state index in [0.717, 1.165) is 36.2 Å². The quantitative estimate of drug-likeness (QED) is 0.244. The minimum atomic E-state index is 0.0582. The Labute approximate surface area is 193 Å². The molecule has 0 aromatic rings. The normalized spacial score (nSPS) is 18.2. The third-order valence-electron chi connectivity index (χ3n) is 7.46. The predicted octanol–water partition coefficient (Wildman–Crippen LogP) is 8.65. The van der Waals surface area contributed by atoms with Crippen molar-refractivity contribution in [3.63, 3.8) is 0 Å². The lowest BCUT2D eigenvalue weighted by Crippen LogP contribution is -2.21. The number of ketones is 2. The van der Waals surface area contributed by atoms with E-state index in [2.05, 4.69) is 34.6 Å². The van der Waals surface area contributed by atoms with E-state index in [0.29, 0.717) is 22.6 Å². The second-order valence-electron chi connectivity index (χ2n) is 11.1. The average Bonchev–Trinajstić information content (AvgIpc) is 2.70. The molecule has 2 heteroatoms. The summed E-state index contributed by atoms with van der Waals surface area (Å²) in [5.41, 5.74) is 2.70. The van der Waals surface area contributed by atoms with E-state index in [9.17, 15) is 9.59 Å². The van der Waals surface area contributed by atoms with Gasteiger partial charge in [0.2, 0.25) is 0 Å². The molecule has 31 heavy (non-hydrogen) atoms. The Bertz CT molecular complexity index is 650. The van der Waals surface area contributed by atoms with Crippen molar-refractivity contribution in [2.75, 3.05) is 0 Å². The molecule has 0 aromatic heterocycles. The Balaban J connectivity index is 2.22. The summed E-state index contributed by atoms with van der Waals surface area (Å²) < 4.78 is 0. The van der Waals surface area contributed by atoms with Gasteiger partial charge in [-0.3, -0.25) is 9.59 Å². The number of carbonyl (C=O) groups excluding carboxylic acids is 2. The first-order valence-corrected chi connectivity index (χ1v) is 13.0. The van der Waals surface area contributed by atoms with E-state index in [1.807, 2.05) is 6.92 Å². The summed E-state index contributed by atoms with van der Waals surface area (Å²) in [6.45, 7) is 17.2. The van der Waals surface area contributed by atoms with Gasteiger partial charge in [0.1, 0.15) is 0 Å². The third-order valence-corrected chi connectivity index (χ3v) is 7.46. The molecular formula is C29H50O2. The van der Waals surface area contributed by atoms with Gasteiger partial charge in [-0.05, 0) is 57.3 Å². The average molecular weight is 431 g/mol. The Morgan fingerprint density at radius 1 is 0.516 bits per heavy atom. The van der Waals surface area contributed by atoms with Crippen LogP contribution in [0.2, 0.25) is 0 Å². The summed E-state index contributed by atoms with van der Waals surface area (Å²) in [7, 11) is 0. The number of Topliss-reactive ketones (excluding diaryl/α,β-unsaturated/α-hetero) is 2. The highest BCUT2D eigenvalue weighted by atomic mass is 16.1. The zero-order valence-corrected chi connectivity index (χ0v) is 21.9. The number of allylic oxidation sites excluding steroid dienone is 4. The molecule has 0 heterocycles. The molecule has 0 bridgehead atoms. The van der Waals surface area contributed by atoms with Crippen LogP contribution in [0.25, 0.3) is 0 Å². The summed E-state index contributed by atoms with van der Waals surface area (Å²) in [5.74, 6) is 3.28. The molecule has 0 spiro atoms. The van der Waals surface area contributed by atoms with Crippen molar-refractivity contribution in [1.82, 2.24) is 0 Å². The standard InChI is InChI=1S/C29H50O2/c1-20(2)12-9-13-21(3)14-10-15-22(4)16-11-17-23(5)18-19-27-26(8)28(30)24(6)25(7)29(27)31/h20-23H,9-19H2,1-8H3/t21-,22-,23+/m1/s1. The number of carbonyl (C=O) groups is 2. The third kappa shape index (κ3) is 9.87. The molecule has 1 rings (SSSR count). The van der Waals surface area contributed by atoms with Crippen molar-refractivity contribution in [2.24, 2.45) is 23.7 Å². The van der Waals surface area contributed by atoms with Gasteiger partial charge in [0.25, 0.3) is 0 Å². The molecule has 0 N–H and O–H groups in total. The SMILES string of the molecule is CC1=C(C)C(=O)C(CC[C@@H](C)CCC[C@H](C)CCC[C@H](C)CCCC(C)C)=C(C)C1=O. The van der Waals surface area contributed by atoms with Gasteiger partial charge in [0.15, 0.2) is 11.6 Å². The van der Waals surface area contributed by atoms with Crippen LogP contribution in [0.5, 0.6) is 0 Å². The lowest BCUT2D eigenvalue weighted by atomic mass is 9.82. The molecule has 0 amide bonds. The van der Waals surface area contributed by atoms with E-state index in [1.165, 1.54) is 57.8 Å². The highest BCUT2D eigenvalue weighted by molar-refractivity contribution is 6.24. The molecule has 0 aliphatic heterocycles. The van der Waals surface area contributed by atoms with Crippen LogP contribution in [0.15, 0.2) is 22.3 Å². The highest BCUT2D eigenvalue weighted by Crippen LogP contribution is 2.29. The molecule has 0 radical (unpaired) electrons. The van der Waals surface area contributed by atoms with Crippen LogP contribution < -0.4 is 0 Å². The van der Waals surface area contributed by atoms with Crippen molar-refractivity contribution in [1.29, 1.82) is 0 Å². The molecule has 2 nitrogen and oxygen atoms in total.